The first kappa shape index (κ1) is 15.3. The van der Waals surface area contributed by atoms with Crippen LogP contribution in [0.4, 0.5) is 5.13 Å². The van der Waals surface area contributed by atoms with Crippen molar-refractivity contribution in [2.75, 3.05) is 5.32 Å². The van der Waals surface area contributed by atoms with E-state index in [-0.39, 0.29) is 15.9 Å². The predicted molar refractivity (Wildman–Crippen MR) is 80.8 cm³/mol. The number of nitrogens with two attached hydrogens (primary N) is 1. The average Bonchev–Trinajstić information content (AvgIpc) is 2.87. The fourth-order valence-electron chi connectivity index (χ4n) is 1.45. The van der Waals surface area contributed by atoms with Crippen LogP contribution >= 0.6 is 22.9 Å². The van der Waals surface area contributed by atoms with Crippen molar-refractivity contribution in [3.05, 3.63) is 40.4 Å². The molecule has 3 N–H and O–H groups in total. The van der Waals surface area contributed by atoms with Gasteiger partial charge in [-0.25, -0.2) is 4.98 Å². The largest absolute Gasteiger partial charge is 0.481 e. The number of nitrogens with zero attached hydrogens (tertiary/aromatic N) is 1. The molecule has 2 rings (SSSR count). The minimum absolute atomic E-state index is 0.272. The van der Waals surface area contributed by atoms with Gasteiger partial charge in [0, 0.05) is 5.02 Å². The third-order valence-electron chi connectivity index (χ3n) is 2.46. The molecule has 0 fully saturated rings. The highest BCUT2D eigenvalue weighted by Gasteiger charge is 2.17. The molecule has 6 nitrogen and oxygen atoms in total. The Bertz CT molecular complexity index is 674. The van der Waals surface area contributed by atoms with Crippen LogP contribution in [0.25, 0.3) is 0 Å². The van der Waals surface area contributed by atoms with Gasteiger partial charge in [-0.05, 0) is 25.1 Å². The van der Waals surface area contributed by atoms with Gasteiger partial charge in [-0.3, -0.25) is 14.9 Å². The number of halogens is 1. The molecule has 0 radical (unpaired) electrons. The summed E-state index contributed by atoms with van der Waals surface area (Å²) in [5, 5.41) is 3.36. The molecule has 0 aliphatic heterocycles. The minimum Gasteiger partial charge on any atom is -0.481 e. The minimum atomic E-state index is -0.746. The van der Waals surface area contributed by atoms with Crippen molar-refractivity contribution < 1.29 is 14.3 Å². The maximum atomic E-state index is 12.0. The lowest BCUT2D eigenvalue weighted by molar-refractivity contribution is -0.122. The van der Waals surface area contributed by atoms with Crippen molar-refractivity contribution in [2.45, 2.75) is 13.0 Å². The number of ether oxygens (including phenoxy) is 1. The summed E-state index contributed by atoms with van der Waals surface area (Å²) in [7, 11) is 0. The first-order valence-corrected chi connectivity index (χ1v) is 7.14. The molecule has 1 atom stereocenters. The van der Waals surface area contributed by atoms with Gasteiger partial charge in [0.2, 0.25) is 0 Å². The lowest BCUT2D eigenvalue weighted by Crippen LogP contribution is -2.30. The van der Waals surface area contributed by atoms with Gasteiger partial charge in [-0.15, -0.1) is 0 Å². The first-order valence-electron chi connectivity index (χ1n) is 5.94. The molecule has 0 aliphatic carbocycles. The lowest BCUT2D eigenvalue weighted by Gasteiger charge is -2.13. The molecule has 0 saturated heterocycles. The van der Waals surface area contributed by atoms with Crippen LogP contribution in [-0.2, 0) is 4.79 Å². The molecule has 0 bridgehead atoms. The number of hydrogen-bond donors (Lipinski definition) is 2. The molecule has 1 aromatic heterocycles. The first-order chi connectivity index (χ1) is 9.95. The summed E-state index contributed by atoms with van der Waals surface area (Å²) in [5.41, 5.74) is 5.12. The number of carbonyl (C=O) groups is 2. The molecule has 1 heterocycles. The lowest BCUT2D eigenvalue weighted by atomic mass is 10.3. The molecule has 0 unspecified atom stereocenters. The molecule has 1 aromatic carbocycles. The number of aromatic nitrogens is 1. The summed E-state index contributed by atoms with van der Waals surface area (Å²) in [5.74, 6) is -0.487. The Morgan fingerprint density at radius 3 is 2.86 bits per heavy atom. The van der Waals surface area contributed by atoms with E-state index in [9.17, 15) is 9.59 Å². The molecular formula is C13H12ClN3O3S. The second-order valence-electron chi connectivity index (χ2n) is 4.10. The highest BCUT2D eigenvalue weighted by molar-refractivity contribution is 7.17. The molecule has 0 saturated carbocycles. The normalized spacial score (nSPS) is 11.7. The Balaban J connectivity index is 1.97. The number of benzene rings is 1. The van der Waals surface area contributed by atoms with Crippen LogP contribution in [-0.4, -0.2) is 22.9 Å². The summed E-state index contributed by atoms with van der Waals surface area (Å²) in [6.45, 7) is 1.60. The van der Waals surface area contributed by atoms with Crippen LogP contribution in [0.5, 0.6) is 5.75 Å². The number of amides is 2. The van der Waals surface area contributed by atoms with E-state index in [0.29, 0.717) is 10.8 Å². The van der Waals surface area contributed by atoms with Crippen molar-refractivity contribution in [1.29, 1.82) is 0 Å². The second-order valence-corrected chi connectivity index (χ2v) is 5.57. The fourth-order valence-corrected chi connectivity index (χ4v) is 2.30. The van der Waals surface area contributed by atoms with Gasteiger partial charge in [-0.2, -0.15) is 0 Å². The smallest absolute Gasteiger partial charge is 0.266 e. The van der Waals surface area contributed by atoms with Crippen molar-refractivity contribution in [3.8, 4) is 5.75 Å². The van der Waals surface area contributed by atoms with Crippen molar-refractivity contribution >= 4 is 39.9 Å². The average molecular weight is 326 g/mol. The Morgan fingerprint density at radius 1 is 1.48 bits per heavy atom. The summed E-state index contributed by atoms with van der Waals surface area (Å²) in [6.07, 6.45) is 0.565. The monoisotopic (exact) mass is 325 g/mol. The molecule has 21 heavy (non-hydrogen) atoms. The van der Waals surface area contributed by atoms with Crippen LogP contribution in [0.15, 0.2) is 30.5 Å². The number of carbonyl (C=O) groups excluding carboxylic acids is 2. The van der Waals surface area contributed by atoms with E-state index in [1.807, 2.05) is 0 Å². The maximum absolute atomic E-state index is 12.0. The van der Waals surface area contributed by atoms with Gasteiger partial charge < -0.3 is 10.5 Å². The van der Waals surface area contributed by atoms with Crippen LogP contribution in [0, 0.1) is 0 Å². The van der Waals surface area contributed by atoms with Gasteiger partial charge in [0.05, 0.1) is 6.20 Å². The highest BCUT2D eigenvalue weighted by atomic mass is 35.5. The molecule has 2 amide bonds. The molecule has 0 spiro atoms. The zero-order valence-electron chi connectivity index (χ0n) is 11.0. The number of thiazole rings is 1. The van der Waals surface area contributed by atoms with E-state index in [1.165, 1.54) is 6.20 Å². The van der Waals surface area contributed by atoms with Crippen LogP contribution < -0.4 is 15.8 Å². The van der Waals surface area contributed by atoms with Gasteiger partial charge in [-0.1, -0.05) is 29.0 Å². The van der Waals surface area contributed by atoms with E-state index in [1.54, 1.807) is 31.2 Å². The Kier molecular flexibility index (Phi) is 4.77. The third kappa shape index (κ3) is 4.17. The Labute approximate surface area is 129 Å². The number of primary amides is 1. The standard InChI is InChI=1S/C13H12ClN3O3S/c1-7(20-9-4-2-3-8(14)5-9)12(19)17-13-16-6-10(21-13)11(15)18/h2-7H,1H3,(H2,15,18)(H,16,17,19)/t7-/m0/s1. The number of anilines is 1. The summed E-state index contributed by atoms with van der Waals surface area (Å²) >= 11 is 6.84. The second kappa shape index (κ2) is 6.55. The van der Waals surface area contributed by atoms with Crippen LogP contribution in [0.2, 0.25) is 5.02 Å². The van der Waals surface area contributed by atoms with Gasteiger partial charge in [0.25, 0.3) is 11.8 Å². The summed E-state index contributed by atoms with van der Waals surface area (Å²) < 4.78 is 5.47. The SMILES string of the molecule is C[C@H](Oc1cccc(Cl)c1)C(=O)Nc1ncc(C(N)=O)s1. The number of nitrogens with one attached hydrogen (secondary N) is 1. The Morgan fingerprint density at radius 2 is 2.24 bits per heavy atom. The Hall–Kier alpha value is -2.12. The van der Waals surface area contributed by atoms with E-state index in [0.717, 1.165) is 11.3 Å². The zero-order chi connectivity index (χ0) is 15.4. The van der Waals surface area contributed by atoms with Crippen molar-refractivity contribution in [1.82, 2.24) is 4.98 Å². The van der Waals surface area contributed by atoms with Gasteiger partial charge in [0.15, 0.2) is 11.2 Å². The van der Waals surface area contributed by atoms with Crippen molar-refractivity contribution in [2.24, 2.45) is 5.73 Å². The van der Waals surface area contributed by atoms with E-state index < -0.39 is 12.0 Å². The van der Waals surface area contributed by atoms with Crippen molar-refractivity contribution in [3.63, 3.8) is 0 Å². The highest BCUT2D eigenvalue weighted by Crippen LogP contribution is 2.20. The zero-order valence-corrected chi connectivity index (χ0v) is 12.6. The third-order valence-corrected chi connectivity index (χ3v) is 3.62. The van der Waals surface area contributed by atoms with E-state index in [2.05, 4.69) is 10.3 Å². The molecular weight excluding hydrogens is 314 g/mol. The molecule has 110 valence electrons. The van der Waals surface area contributed by atoms with E-state index >= 15 is 0 Å². The summed E-state index contributed by atoms with van der Waals surface area (Å²) in [4.78, 5) is 27.1. The van der Waals surface area contributed by atoms with Crippen LogP contribution in [0.3, 0.4) is 0 Å². The maximum Gasteiger partial charge on any atom is 0.266 e. The van der Waals surface area contributed by atoms with Gasteiger partial charge in [0.1, 0.15) is 10.6 Å². The molecule has 2 aromatic rings. The predicted octanol–water partition coefficient (Wildman–Crippen LogP) is 2.30. The fraction of sp³-hybridized carbons (Fsp3) is 0.154. The van der Waals surface area contributed by atoms with Crippen LogP contribution in [0.1, 0.15) is 16.6 Å². The quantitative estimate of drug-likeness (QED) is 0.881. The van der Waals surface area contributed by atoms with E-state index in [4.69, 9.17) is 22.1 Å². The topological polar surface area (TPSA) is 94.3 Å². The summed E-state index contributed by atoms with van der Waals surface area (Å²) in [6, 6.07) is 6.74. The number of rotatable bonds is 5. The molecule has 8 heteroatoms. The number of hydrogen-bond acceptors (Lipinski definition) is 5. The molecule has 0 aliphatic rings. The van der Waals surface area contributed by atoms with Gasteiger partial charge >= 0.3 is 0 Å².